The lowest BCUT2D eigenvalue weighted by Gasteiger charge is -2.35. The molecule has 1 aliphatic rings. The van der Waals surface area contributed by atoms with Gasteiger partial charge >= 0.3 is 0 Å². The van der Waals surface area contributed by atoms with Crippen molar-refractivity contribution in [2.75, 3.05) is 32.8 Å². The number of hydrogen-bond acceptors (Lipinski definition) is 5. The van der Waals surface area contributed by atoms with Crippen LogP contribution in [0.5, 0.6) is 0 Å². The van der Waals surface area contributed by atoms with E-state index < -0.39 is 10.0 Å². The second kappa shape index (κ2) is 8.39. The topological polar surface area (TPSA) is 71.5 Å². The van der Waals surface area contributed by atoms with Gasteiger partial charge in [0, 0.05) is 31.9 Å². The first-order valence-electron chi connectivity index (χ1n) is 7.81. The van der Waals surface area contributed by atoms with Gasteiger partial charge in [0.2, 0.25) is 10.0 Å². The average Bonchev–Trinajstić information content (AvgIpc) is 2.52. The van der Waals surface area contributed by atoms with Gasteiger partial charge in [0.05, 0.1) is 13.2 Å². The molecule has 1 atom stereocenters. The van der Waals surface area contributed by atoms with Crippen molar-refractivity contribution < 1.29 is 13.2 Å². The highest BCUT2D eigenvalue weighted by atomic mass is 35.5. The van der Waals surface area contributed by atoms with E-state index in [-0.39, 0.29) is 16.1 Å². The van der Waals surface area contributed by atoms with Crippen molar-refractivity contribution in [1.29, 1.82) is 0 Å². The summed E-state index contributed by atoms with van der Waals surface area (Å²) in [5, 5.41) is 0.273. The number of aromatic nitrogens is 1. The second-order valence-corrected chi connectivity index (χ2v) is 8.25. The number of rotatable bonds is 7. The van der Waals surface area contributed by atoms with Gasteiger partial charge in [-0.1, -0.05) is 25.4 Å². The van der Waals surface area contributed by atoms with E-state index in [1.54, 1.807) is 0 Å². The van der Waals surface area contributed by atoms with Gasteiger partial charge in [-0.25, -0.2) is 18.1 Å². The third kappa shape index (κ3) is 5.69. The maximum Gasteiger partial charge on any atom is 0.242 e. The third-order valence-corrected chi connectivity index (χ3v) is 5.46. The molecule has 1 aromatic rings. The molecule has 0 spiro atoms. The zero-order chi connectivity index (χ0) is 16.9. The number of ether oxygens (including phenoxy) is 1. The number of hydrogen-bond donors (Lipinski definition) is 1. The minimum Gasteiger partial charge on any atom is -0.379 e. The van der Waals surface area contributed by atoms with Crippen LogP contribution in [0.4, 0.5) is 0 Å². The van der Waals surface area contributed by atoms with E-state index in [1.807, 2.05) is 0 Å². The molecule has 1 fully saturated rings. The van der Waals surface area contributed by atoms with Crippen LogP contribution in [0.15, 0.2) is 23.2 Å². The van der Waals surface area contributed by atoms with Crippen LogP contribution >= 0.6 is 11.6 Å². The number of nitrogens with zero attached hydrogens (tertiary/aromatic N) is 2. The van der Waals surface area contributed by atoms with E-state index >= 15 is 0 Å². The fourth-order valence-corrected chi connectivity index (χ4v) is 3.79. The zero-order valence-corrected chi connectivity index (χ0v) is 15.1. The predicted octanol–water partition coefficient (Wildman–Crippen LogP) is 1.76. The molecule has 0 aliphatic carbocycles. The Morgan fingerprint density at radius 2 is 2.04 bits per heavy atom. The Labute approximate surface area is 143 Å². The average molecular weight is 362 g/mol. The standard InChI is InChI=1S/C15H24ClN3O3S/c1-12(2)9-13(19-5-7-22-8-6-19)10-18-23(20,21)14-3-4-15(16)17-11-14/h3-4,11-13,18H,5-10H2,1-2H3. The summed E-state index contributed by atoms with van der Waals surface area (Å²) in [6.07, 6.45) is 2.21. The van der Waals surface area contributed by atoms with Gasteiger partial charge in [-0.2, -0.15) is 0 Å². The molecule has 0 aromatic carbocycles. The summed E-state index contributed by atoms with van der Waals surface area (Å²) in [5.74, 6) is 0.490. The molecule has 1 saturated heterocycles. The number of halogens is 1. The second-order valence-electron chi connectivity index (χ2n) is 6.10. The highest BCUT2D eigenvalue weighted by Gasteiger charge is 2.24. The summed E-state index contributed by atoms with van der Waals surface area (Å²) in [7, 11) is -3.58. The Hall–Kier alpha value is -0.730. The molecule has 130 valence electrons. The van der Waals surface area contributed by atoms with E-state index in [4.69, 9.17) is 16.3 Å². The summed E-state index contributed by atoms with van der Waals surface area (Å²) in [6.45, 7) is 7.73. The van der Waals surface area contributed by atoms with Gasteiger partial charge < -0.3 is 4.74 Å². The lowest BCUT2D eigenvalue weighted by atomic mass is 10.0. The Balaban J connectivity index is 2.02. The van der Waals surface area contributed by atoms with E-state index in [2.05, 4.69) is 28.5 Å². The molecule has 2 rings (SSSR count). The van der Waals surface area contributed by atoms with E-state index in [9.17, 15) is 8.42 Å². The molecule has 0 amide bonds. The van der Waals surface area contributed by atoms with Crippen LogP contribution in [0, 0.1) is 5.92 Å². The summed E-state index contributed by atoms with van der Waals surface area (Å²) in [4.78, 5) is 6.26. The van der Waals surface area contributed by atoms with Crippen molar-refractivity contribution >= 4 is 21.6 Å². The summed E-state index contributed by atoms with van der Waals surface area (Å²) >= 11 is 5.70. The Bertz CT molecular complexity index is 586. The van der Waals surface area contributed by atoms with Gasteiger partial charge in [-0.05, 0) is 24.5 Å². The van der Waals surface area contributed by atoms with E-state index in [1.165, 1.54) is 18.3 Å². The van der Waals surface area contributed by atoms with Crippen LogP contribution in [-0.2, 0) is 14.8 Å². The van der Waals surface area contributed by atoms with Crippen LogP contribution in [0.2, 0.25) is 5.15 Å². The van der Waals surface area contributed by atoms with Crippen molar-refractivity contribution in [3.63, 3.8) is 0 Å². The zero-order valence-electron chi connectivity index (χ0n) is 13.5. The maximum atomic E-state index is 12.4. The van der Waals surface area contributed by atoms with Crippen molar-refractivity contribution in [2.45, 2.75) is 31.2 Å². The summed E-state index contributed by atoms with van der Waals surface area (Å²) in [5.41, 5.74) is 0. The molecule has 2 heterocycles. The number of pyridine rings is 1. The minimum atomic E-state index is -3.58. The van der Waals surface area contributed by atoms with Crippen LogP contribution in [0.1, 0.15) is 20.3 Å². The summed E-state index contributed by atoms with van der Waals surface area (Å²) in [6, 6.07) is 3.10. The summed E-state index contributed by atoms with van der Waals surface area (Å²) < 4.78 is 32.8. The first-order chi connectivity index (χ1) is 10.9. The molecular weight excluding hydrogens is 338 g/mol. The normalized spacial score (nSPS) is 18.3. The molecule has 0 radical (unpaired) electrons. The Morgan fingerprint density at radius 3 is 2.61 bits per heavy atom. The molecule has 23 heavy (non-hydrogen) atoms. The first-order valence-corrected chi connectivity index (χ1v) is 9.67. The van der Waals surface area contributed by atoms with Crippen molar-refractivity contribution in [1.82, 2.24) is 14.6 Å². The lowest BCUT2D eigenvalue weighted by Crippen LogP contribution is -2.49. The van der Waals surface area contributed by atoms with Crippen molar-refractivity contribution in [3.8, 4) is 0 Å². The van der Waals surface area contributed by atoms with Crippen LogP contribution in [-0.4, -0.2) is 57.2 Å². The lowest BCUT2D eigenvalue weighted by molar-refractivity contribution is 0.0134. The minimum absolute atomic E-state index is 0.132. The van der Waals surface area contributed by atoms with Gasteiger partial charge in [-0.15, -0.1) is 0 Å². The van der Waals surface area contributed by atoms with Crippen molar-refractivity contribution in [2.24, 2.45) is 5.92 Å². The number of sulfonamides is 1. The van der Waals surface area contributed by atoms with Gasteiger partial charge in [0.25, 0.3) is 0 Å². The highest BCUT2D eigenvalue weighted by Crippen LogP contribution is 2.15. The fourth-order valence-electron chi connectivity index (χ4n) is 2.66. The van der Waals surface area contributed by atoms with Crippen LogP contribution in [0.25, 0.3) is 0 Å². The highest BCUT2D eigenvalue weighted by molar-refractivity contribution is 7.89. The van der Waals surface area contributed by atoms with Crippen LogP contribution < -0.4 is 4.72 Å². The van der Waals surface area contributed by atoms with E-state index in [0.717, 1.165) is 19.5 Å². The molecule has 1 aromatic heterocycles. The first kappa shape index (κ1) is 18.6. The fraction of sp³-hybridized carbons (Fsp3) is 0.667. The molecule has 1 unspecified atom stereocenters. The molecule has 0 bridgehead atoms. The maximum absolute atomic E-state index is 12.4. The molecular formula is C15H24ClN3O3S. The molecule has 0 saturated carbocycles. The molecule has 1 aliphatic heterocycles. The van der Waals surface area contributed by atoms with Crippen LogP contribution in [0.3, 0.4) is 0 Å². The largest absolute Gasteiger partial charge is 0.379 e. The quantitative estimate of drug-likeness (QED) is 0.749. The smallest absolute Gasteiger partial charge is 0.242 e. The number of morpholine rings is 1. The van der Waals surface area contributed by atoms with Gasteiger partial charge in [0.1, 0.15) is 10.0 Å². The van der Waals surface area contributed by atoms with Gasteiger partial charge in [-0.3, -0.25) is 4.90 Å². The monoisotopic (exact) mass is 361 g/mol. The Morgan fingerprint density at radius 1 is 1.35 bits per heavy atom. The molecule has 1 N–H and O–H groups in total. The molecule has 6 nitrogen and oxygen atoms in total. The van der Waals surface area contributed by atoms with Crippen molar-refractivity contribution in [3.05, 3.63) is 23.5 Å². The van der Waals surface area contributed by atoms with Gasteiger partial charge in [0.15, 0.2) is 0 Å². The predicted molar refractivity (Wildman–Crippen MR) is 90.1 cm³/mol. The molecule has 8 heteroatoms. The third-order valence-electron chi connectivity index (χ3n) is 3.83. The van der Waals surface area contributed by atoms with E-state index in [0.29, 0.717) is 25.7 Å². The Kier molecular flexibility index (Phi) is 6.79. The SMILES string of the molecule is CC(C)CC(CNS(=O)(=O)c1ccc(Cl)nc1)N1CCOCC1. The number of nitrogens with one attached hydrogen (secondary N) is 1.